The number of rotatable bonds is 5. The summed E-state index contributed by atoms with van der Waals surface area (Å²) in [6.07, 6.45) is 2.90. The van der Waals surface area contributed by atoms with Crippen LogP contribution < -0.4 is 5.32 Å². The highest BCUT2D eigenvalue weighted by Crippen LogP contribution is 2.28. The average molecular weight is 332 g/mol. The fourth-order valence-electron chi connectivity index (χ4n) is 2.26. The minimum Gasteiger partial charge on any atom is -0.467 e. The van der Waals surface area contributed by atoms with Gasteiger partial charge in [-0.1, -0.05) is 29.8 Å². The molecule has 7 heteroatoms. The summed E-state index contributed by atoms with van der Waals surface area (Å²) in [7, 11) is 0. The molecule has 3 N–H and O–H groups in total. The molecule has 23 heavy (non-hydrogen) atoms. The van der Waals surface area contributed by atoms with Gasteiger partial charge in [-0.05, 0) is 18.2 Å². The number of furan rings is 1. The Morgan fingerprint density at radius 2 is 2.17 bits per heavy atom. The van der Waals surface area contributed by atoms with Gasteiger partial charge in [-0.3, -0.25) is 9.89 Å². The molecule has 118 valence electrons. The van der Waals surface area contributed by atoms with E-state index in [-0.39, 0.29) is 12.5 Å². The highest BCUT2D eigenvalue weighted by Gasteiger charge is 2.21. The maximum Gasteiger partial charge on any atom is 0.255 e. The van der Waals surface area contributed by atoms with E-state index in [0.717, 1.165) is 0 Å². The maximum absolute atomic E-state index is 12.5. The number of amides is 1. The Kier molecular flexibility index (Phi) is 4.45. The van der Waals surface area contributed by atoms with E-state index < -0.39 is 6.04 Å². The number of aromatic amines is 1. The summed E-state index contributed by atoms with van der Waals surface area (Å²) in [4.78, 5) is 12.5. The van der Waals surface area contributed by atoms with E-state index in [1.165, 1.54) is 12.5 Å². The topological polar surface area (TPSA) is 91.2 Å². The van der Waals surface area contributed by atoms with Crippen molar-refractivity contribution in [1.82, 2.24) is 15.5 Å². The normalized spacial score (nSPS) is 12.1. The third-order valence-corrected chi connectivity index (χ3v) is 3.73. The Bertz CT molecular complexity index is 799. The second-order valence-corrected chi connectivity index (χ2v) is 5.27. The van der Waals surface area contributed by atoms with Crippen LogP contribution in [0.3, 0.4) is 0 Å². The molecule has 0 aliphatic heterocycles. The molecular formula is C16H14ClN3O3. The Hall–Kier alpha value is -2.57. The van der Waals surface area contributed by atoms with Gasteiger partial charge in [-0.2, -0.15) is 5.10 Å². The number of hydrogen-bond donors (Lipinski definition) is 3. The molecule has 0 radical (unpaired) electrons. The van der Waals surface area contributed by atoms with Gasteiger partial charge in [0.1, 0.15) is 11.8 Å². The van der Waals surface area contributed by atoms with Gasteiger partial charge in [-0.15, -0.1) is 0 Å². The van der Waals surface area contributed by atoms with E-state index in [1.807, 2.05) is 6.07 Å². The molecule has 3 rings (SSSR count). The lowest BCUT2D eigenvalue weighted by Gasteiger charge is -2.14. The van der Waals surface area contributed by atoms with E-state index >= 15 is 0 Å². The molecule has 3 aromatic rings. The quantitative estimate of drug-likeness (QED) is 0.670. The number of hydrogen-bond acceptors (Lipinski definition) is 4. The van der Waals surface area contributed by atoms with Crippen molar-refractivity contribution in [2.45, 2.75) is 6.04 Å². The fourth-order valence-corrected chi connectivity index (χ4v) is 2.49. The van der Waals surface area contributed by atoms with Crippen LogP contribution in [0.2, 0.25) is 5.02 Å². The summed E-state index contributed by atoms with van der Waals surface area (Å²) in [6.45, 7) is -0.279. The number of aliphatic hydroxyl groups is 1. The van der Waals surface area contributed by atoms with Crippen molar-refractivity contribution in [2.75, 3.05) is 6.61 Å². The van der Waals surface area contributed by atoms with Gasteiger partial charge in [0.2, 0.25) is 0 Å². The Labute approximate surface area is 137 Å². The van der Waals surface area contributed by atoms with E-state index in [2.05, 4.69) is 15.5 Å². The molecular weight excluding hydrogens is 318 g/mol. The highest BCUT2D eigenvalue weighted by atomic mass is 35.5. The van der Waals surface area contributed by atoms with Gasteiger partial charge in [-0.25, -0.2) is 0 Å². The third kappa shape index (κ3) is 3.13. The SMILES string of the molecule is O=C(NC(CO)c1ccco1)c1cn[nH]c1-c1ccccc1Cl. The molecule has 0 aliphatic carbocycles. The van der Waals surface area contributed by atoms with Crippen molar-refractivity contribution in [1.29, 1.82) is 0 Å². The molecule has 1 atom stereocenters. The summed E-state index contributed by atoms with van der Waals surface area (Å²) in [5.74, 6) is 0.0905. The zero-order valence-corrected chi connectivity index (χ0v) is 12.7. The molecule has 2 heterocycles. The van der Waals surface area contributed by atoms with E-state index in [9.17, 15) is 9.90 Å². The van der Waals surface area contributed by atoms with Gasteiger partial charge in [0, 0.05) is 10.6 Å². The number of halogens is 1. The van der Waals surface area contributed by atoms with Crippen molar-refractivity contribution in [3.63, 3.8) is 0 Å². The zero-order valence-electron chi connectivity index (χ0n) is 12.0. The van der Waals surface area contributed by atoms with Crippen LogP contribution in [0.4, 0.5) is 0 Å². The molecule has 1 unspecified atom stereocenters. The van der Waals surface area contributed by atoms with Gasteiger partial charge >= 0.3 is 0 Å². The van der Waals surface area contributed by atoms with E-state index in [0.29, 0.717) is 27.6 Å². The first kappa shape index (κ1) is 15.3. The zero-order chi connectivity index (χ0) is 16.2. The van der Waals surface area contributed by atoms with Crippen molar-refractivity contribution in [3.8, 4) is 11.3 Å². The summed E-state index contributed by atoms with van der Waals surface area (Å²) < 4.78 is 5.22. The first-order chi connectivity index (χ1) is 11.2. The summed E-state index contributed by atoms with van der Waals surface area (Å²) in [5.41, 5.74) is 1.53. The van der Waals surface area contributed by atoms with Crippen molar-refractivity contribution in [2.24, 2.45) is 0 Å². The smallest absolute Gasteiger partial charge is 0.255 e. The molecule has 1 amide bonds. The van der Waals surface area contributed by atoms with Gasteiger partial charge in [0.15, 0.2) is 0 Å². The van der Waals surface area contributed by atoms with Crippen LogP contribution in [0.15, 0.2) is 53.3 Å². The molecule has 0 bridgehead atoms. The summed E-state index contributed by atoms with van der Waals surface area (Å²) in [6, 6.07) is 9.90. The molecule has 0 saturated carbocycles. The molecule has 0 saturated heterocycles. The standard InChI is InChI=1S/C16H14ClN3O3/c17-12-5-2-1-4-10(12)15-11(8-18-20-15)16(22)19-13(9-21)14-6-3-7-23-14/h1-8,13,21H,9H2,(H,18,20)(H,19,22). The number of aromatic nitrogens is 2. The number of benzene rings is 1. The van der Waals surface area contributed by atoms with E-state index in [1.54, 1.807) is 30.3 Å². The number of carbonyl (C=O) groups excluding carboxylic acids is 1. The Balaban J connectivity index is 1.87. The lowest BCUT2D eigenvalue weighted by atomic mass is 10.1. The number of aliphatic hydroxyl groups excluding tert-OH is 1. The minimum absolute atomic E-state index is 0.279. The molecule has 1 aromatic carbocycles. The minimum atomic E-state index is -0.633. The number of H-pyrrole nitrogens is 1. The number of carbonyl (C=O) groups is 1. The second kappa shape index (κ2) is 6.68. The van der Waals surface area contributed by atoms with E-state index in [4.69, 9.17) is 16.0 Å². The molecule has 0 fully saturated rings. The monoisotopic (exact) mass is 331 g/mol. The predicted molar refractivity (Wildman–Crippen MR) is 85.0 cm³/mol. The van der Waals surface area contributed by atoms with Gasteiger partial charge < -0.3 is 14.8 Å². The average Bonchev–Trinajstić information content (AvgIpc) is 3.24. The lowest BCUT2D eigenvalue weighted by molar-refractivity contribution is 0.0908. The Morgan fingerprint density at radius 3 is 2.87 bits per heavy atom. The van der Waals surface area contributed by atoms with Crippen molar-refractivity contribution in [3.05, 3.63) is 65.2 Å². The van der Waals surface area contributed by atoms with Crippen LogP contribution in [0.5, 0.6) is 0 Å². The first-order valence-electron chi connectivity index (χ1n) is 6.94. The predicted octanol–water partition coefficient (Wildman–Crippen LogP) is 2.79. The Morgan fingerprint density at radius 1 is 1.35 bits per heavy atom. The third-order valence-electron chi connectivity index (χ3n) is 3.40. The molecule has 6 nitrogen and oxygen atoms in total. The lowest BCUT2D eigenvalue weighted by Crippen LogP contribution is -2.30. The van der Waals surface area contributed by atoms with Crippen molar-refractivity contribution >= 4 is 17.5 Å². The molecule has 0 aliphatic rings. The van der Waals surface area contributed by atoms with Gasteiger partial charge in [0.05, 0.1) is 30.3 Å². The largest absolute Gasteiger partial charge is 0.467 e. The maximum atomic E-state index is 12.5. The highest BCUT2D eigenvalue weighted by molar-refractivity contribution is 6.33. The molecule has 2 aromatic heterocycles. The summed E-state index contributed by atoms with van der Waals surface area (Å²) >= 11 is 6.17. The molecule has 0 spiro atoms. The van der Waals surface area contributed by atoms with Crippen LogP contribution in [-0.2, 0) is 0 Å². The van der Waals surface area contributed by atoms with Crippen molar-refractivity contribution < 1.29 is 14.3 Å². The number of nitrogens with zero attached hydrogens (tertiary/aromatic N) is 1. The first-order valence-corrected chi connectivity index (χ1v) is 7.32. The van der Waals surface area contributed by atoms with Crippen LogP contribution in [0, 0.1) is 0 Å². The summed E-state index contributed by atoms with van der Waals surface area (Å²) in [5, 5.41) is 19.4. The van der Waals surface area contributed by atoms with Crippen LogP contribution >= 0.6 is 11.6 Å². The van der Waals surface area contributed by atoms with Crippen LogP contribution in [-0.4, -0.2) is 27.8 Å². The fraction of sp³-hybridized carbons (Fsp3) is 0.125. The van der Waals surface area contributed by atoms with Crippen LogP contribution in [0.1, 0.15) is 22.2 Å². The van der Waals surface area contributed by atoms with Gasteiger partial charge in [0.25, 0.3) is 5.91 Å². The second-order valence-electron chi connectivity index (χ2n) is 4.86. The van der Waals surface area contributed by atoms with Crippen LogP contribution in [0.25, 0.3) is 11.3 Å². The number of nitrogens with one attached hydrogen (secondary N) is 2.